The number of rotatable bonds is 4. The van der Waals surface area contributed by atoms with Crippen molar-refractivity contribution in [2.45, 2.75) is 70.8 Å². The van der Waals surface area contributed by atoms with Gasteiger partial charge in [0.05, 0.1) is 0 Å². The molecule has 2 heterocycles. The Labute approximate surface area is 161 Å². The first-order valence-corrected chi connectivity index (χ1v) is 10.4. The zero-order valence-electron chi connectivity index (χ0n) is 16.3. The number of carbonyl (C=O) groups is 2. The molecule has 0 spiro atoms. The fourth-order valence-electron chi connectivity index (χ4n) is 4.05. The summed E-state index contributed by atoms with van der Waals surface area (Å²) in [6.07, 6.45) is 10.6. The van der Waals surface area contributed by atoms with E-state index in [1.165, 1.54) is 44.9 Å². The quantitative estimate of drug-likeness (QED) is 0.844. The van der Waals surface area contributed by atoms with E-state index >= 15 is 0 Å². The molecule has 0 aromatic carbocycles. The SMILES string of the molecule is Cc1cc(C(=O)NC2CCN(C(=O)NCC3CCCCCCC3)CC2)no1. The molecule has 150 valence electrons. The third kappa shape index (κ3) is 5.97. The molecule has 2 aliphatic rings. The lowest BCUT2D eigenvalue weighted by molar-refractivity contribution is 0.0908. The van der Waals surface area contributed by atoms with E-state index in [0.717, 1.165) is 19.4 Å². The molecule has 0 atom stereocenters. The Morgan fingerprint density at radius 2 is 1.78 bits per heavy atom. The van der Waals surface area contributed by atoms with Crippen LogP contribution in [0.25, 0.3) is 0 Å². The van der Waals surface area contributed by atoms with Gasteiger partial charge in [-0.05, 0) is 38.5 Å². The number of carbonyl (C=O) groups excluding carboxylic acids is 2. The third-order valence-corrected chi connectivity index (χ3v) is 5.74. The number of amides is 3. The molecule has 27 heavy (non-hydrogen) atoms. The first-order valence-electron chi connectivity index (χ1n) is 10.4. The van der Waals surface area contributed by atoms with Crippen LogP contribution in [0.5, 0.6) is 0 Å². The van der Waals surface area contributed by atoms with Gasteiger partial charge in [-0.3, -0.25) is 4.79 Å². The summed E-state index contributed by atoms with van der Waals surface area (Å²) in [6, 6.07) is 1.74. The number of urea groups is 1. The maximum absolute atomic E-state index is 12.5. The van der Waals surface area contributed by atoms with Gasteiger partial charge in [-0.2, -0.15) is 0 Å². The highest BCUT2D eigenvalue weighted by Gasteiger charge is 2.25. The van der Waals surface area contributed by atoms with Crippen LogP contribution in [0.3, 0.4) is 0 Å². The van der Waals surface area contributed by atoms with Crippen LogP contribution in [0.15, 0.2) is 10.6 Å². The number of aromatic nitrogens is 1. The number of aryl methyl sites for hydroxylation is 1. The lowest BCUT2D eigenvalue weighted by Crippen LogP contribution is -2.50. The highest BCUT2D eigenvalue weighted by Crippen LogP contribution is 2.21. The number of hydrogen-bond acceptors (Lipinski definition) is 4. The molecule has 1 aliphatic carbocycles. The Balaban J connectivity index is 1.36. The van der Waals surface area contributed by atoms with Crippen molar-refractivity contribution < 1.29 is 14.1 Å². The van der Waals surface area contributed by atoms with Crippen LogP contribution in [0.1, 0.15) is 74.0 Å². The zero-order valence-corrected chi connectivity index (χ0v) is 16.3. The van der Waals surface area contributed by atoms with Gasteiger partial charge < -0.3 is 20.1 Å². The zero-order chi connectivity index (χ0) is 19.1. The third-order valence-electron chi connectivity index (χ3n) is 5.74. The lowest BCUT2D eigenvalue weighted by Gasteiger charge is -2.32. The standard InChI is InChI=1S/C20H32N4O3/c1-15-13-18(23-27-15)19(25)22-17-9-11-24(12-10-17)20(26)21-14-16-7-5-3-2-4-6-8-16/h13,16-17H,2-12,14H2,1H3,(H,21,26)(H,22,25). The fraction of sp³-hybridized carbons (Fsp3) is 0.750. The Morgan fingerprint density at radius 1 is 1.11 bits per heavy atom. The Kier molecular flexibility index (Phi) is 7.12. The molecular formula is C20H32N4O3. The highest BCUT2D eigenvalue weighted by atomic mass is 16.5. The van der Waals surface area contributed by atoms with E-state index in [4.69, 9.17) is 4.52 Å². The summed E-state index contributed by atoms with van der Waals surface area (Å²) >= 11 is 0. The van der Waals surface area contributed by atoms with E-state index in [0.29, 0.717) is 30.5 Å². The first kappa shape index (κ1) is 19.7. The number of nitrogens with one attached hydrogen (secondary N) is 2. The predicted octanol–water partition coefficient (Wildman–Crippen LogP) is 3.25. The molecule has 1 saturated carbocycles. The molecule has 7 heteroatoms. The molecule has 0 bridgehead atoms. The molecule has 1 saturated heterocycles. The van der Waals surface area contributed by atoms with Crippen LogP contribution in [0.4, 0.5) is 4.79 Å². The molecule has 1 aromatic rings. The summed E-state index contributed by atoms with van der Waals surface area (Å²) < 4.78 is 4.94. The minimum atomic E-state index is -0.209. The van der Waals surface area contributed by atoms with Crippen molar-refractivity contribution in [2.75, 3.05) is 19.6 Å². The molecule has 3 amide bonds. The van der Waals surface area contributed by atoms with Crippen LogP contribution in [-0.4, -0.2) is 47.7 Å². The van der Waals surface area contributed by atoms with Gasteiger partial charge in [0.2, 0.25) is 0 Å². The second kappa shape index (κ2) is 9.76. The molecule has 1 aromatic heterocycles. The number of piperidine rings is 1. The Bertz CT molecular complexity index is 614. The van der Waals surface area contributed by atoms with E-state index in [9.17, 15) is 9.59 Å². The number of hydrogen-bond donors (Lipinski definition) is 2. The van der Waals surface area contributed by atoms with E-state index in [-0.39, 0.29) is 18.0 Å². The molecule has 7 nitrogen and oxygen atoms in total. The van der Waals surface area contributed by atoms with Crippen LogP contribution < -0.4 is 10.6 Å². The van der Waals surface area contributed by atoms with Gasteiger partial charge in [-0.1, -0.05) is 37.3 Å². The van der Waals surface area contributed by atoms with E-state index < -0.39 is 0 Å². The second-order valence-corrected chi connectivity index (χ2v) is 7.95. The molecule has 2 N–H and O–H groups in total. The van der Waals surface area contributed by atoms with Crippen molar-refractivity contribution in [1.82, 2.24) is 20.7 Å². The van der Waals surface area contributed by atoms with Gasteiger partial charge in [-0.25, -0.2) is 4.79 Å². The predicted molar refractivity (Wildman–Crippen MR) is 103 cm³/mol. The smallest absolute Gasteiger partial charge is 0.317 e. The van der Waals surface area contributed by atoms with E-state index in [2.05, 4.69) is 15.8 Å². The van der Waals surface area contributed by atoms with Gasteiger partial charge in [0.15, 0.2) is 5.69 Å². The molecule has 2 fully saturated rings. The van der Waals surface area contributed by atoms with Crippen LogP contribution in [0, 0.1) is 12.8 Å². The van der Waals surface area contributed by atoms with Crippen molar-refractivity contribution in [2.24, 2.45) is 5.92 Å². The average molecular weight is 377 g/mol. The molecule has 3 rings (SSSR count). The summed E-state index contributed by atoms with van der Waals surface area (Å²) in [4.78, 5) is 26.5. The van der Waals surface area contributed by atoms with Gasteiger partial charge in [0, 0.05) is 31.7 Å². The fourth-order valence-corrected chi connectivity index (χ4v) is 4.05. The minimum absolute atomic E-state index is 0.0361. The Morgan fingerprint density at radius 3 is 2.41 bits per heavy atom. The van der Waals surface area contributed by atoms with Gasteiger partial charge in [0.25, 0.3) is 5.91 Å². The molecular weight excluding hydrogens is 344 g/mol. The maximum atomic E-state index is 12.5. The Hall–Kier alpha value is -2.05. The van der Waals surface area contributed by atoms with Crippen molar-refractivity contribution >= 4 is 11.9 Å². The summed E-state index contributed by atoms with van der Waals surface area (Å²) in [5, 5.41) is 9.86. The highest BCUT2D eigenvalue weighted by molar-refractivity contribution is 5.92. The van der Waals surface area contributed by atoms with Gasteiger partial charge >= 0.3 is 6.03 Å². The van der Waals surface area contributed by atoms with Gasteiger partial charge in [-0.15, -0.1) is 0 Å². The van der Waals surface area contributed by atoms with Crippen LogP contribution in [0.2, 0.25) is 0 Å². The first-order chi connectivity index (χ1) is 13.1. The number of nitrogens with zero attached hydrogens (tertiary/aromatic N) is 2. The summed E-state index contributed by atoms with van der Waals surface area (Å²) in [7, 11) is 0. The average Bonchev–Trinajstić information content (AvgIpc) is 3.08. The largest absolute Gasteiger partial charge is 0.361 e. The summed E-state index contributed by atoms with van der Waals surface area (Å²) in [5.74, 6) is 1.03. The lowest BCUT2D eigenvalue weighted by atomic mass is 9.91. The van der Waals surface area contributed by atoms with Crippen LogP contribution >= 0.6 is 0 Å². The normalized spacial score (nSPS) is 20.0. The maximum Gasteiger partial charge on any atom is 0.317 e. The van der Waals surface area contributed by atoms with Gasteiger partial charge in [0.1, 0.15) is 5.76 Å². The second-order valence-electron chi connectivity index (χ2n) is 7.95. The minimum Gasteiger partial charge on any atom is -0.361 e. The van der Waals surface area contributed by atoms with E-state index in [1.54, 1.807) is 13.0 Å². The number of likely N-dealkylation sites (tertiary alicyclic amines) is 1. The summed E-state index contributed by atoms with van der Waals surface area (Å²) in [6.45, 7) is 3.89. The van der Waals surface area contributed by atoms with Crippen molar-refractivity contribution in [3.8, 4) is 0 Å². The van der Waals surface area contributed by atoms with Crippen molar-refractivity contribution in [3.63, 3.8) is 0 Å². The van der Waals surface area contributed by atoms with Crippen molar-refractivity contribution in [1.29, 1.82) is 0 Å². The topological polar surface area (TPSA) is 87.5 Å². The summed E-state index contributed by atoms with van der Waals surface area (Å²) in [5.41, 5.74) is 0.312. The molecule has 0 unspecified atom stereocenters. The van der Waals surface area contributed by atoms with Crippen LogP contribution in [-0.2, 0) is 0 Å². The monoisotopic (exact) mass is 376 g/mol. The molecule has 1 aliphatic heterocycles. The van der Waals surface area contributed by atoms with Crippen molar-refractivity contribution in [3.05, 3.63) is 17.5 Å². The molecule has 0 radical (unpaired) electrons. The van der Waals surface area contributed by atoms with E-state index in [1.807, 2.05) is 4.90 Å².